The molecule has 0 amide bonds. The second-order valence-electron chi connectivity index (χ2n) is 5.17. The molecule has 1 fully saturated rings. The number of hydrogen-bond acceptors (Lipinski definition) is 2. The molecule has 0 aromatic carbocycles. The number of nitrogens with zero attached hydrogens (tertiary/aromatic N) is 3. The van der Waals surface area contributed by atoms with E-state index in [0.29, 0.717) is 0 Å². The first-order valence-electron chi connectivity index (χ1n) is 7.06. The first-order valence-corrected chi connectivity index (χ1v) is 7.06. The second-order valence-corrected chi connectivity index (χ2v) is 5.17. The minimum Gasteiger partial charge on any atom is -0.346 e. The van der Waals surface area contributed by atoms with Gasteiger partial charge in [0.15, 0.2) is 0 Å². The Kier molecular flexibility index (Phi) is 3.60. The maximum absolute atomic E-state index is 4.37. The van der Waals surface area contributed by atoms with Crippen LogP contribution in [0.5, 0.6) is 0 Å². The summed E-state index contributed by atoms with van der Waals surface area (Å²) in [6.07, 6.45) is 9.45. The number of hydrogen-bond donors (Lipinski definition) is 0. The molecule has 0 N–H and O–H groups in total. The molecule has 3 nitrogen and oxygen atoms in total. The lowest BCUT2D eigenvalue weighted by Crippen LogP contribution is -2.31. The van der Waals surface area contributed by atoms with Crippen LogP contribution in [0.15, 0.2) is 30.6 Å². The Labute approximate surface area is 108 Å². The fraction of sp³-hybridized carbons (Fsp3) is 0.533. The van der Waals surface area contributed by atoms with Crippen LogP contribution in [0, 0.1) is 0 Å². The minimum atomic E-state index is 1.10. The van der Waals surface area contributed by atoms with Crippen LogP contribution in [0.25, 0.3) is 11.0 Å². The fourth-order valence-corrected chi connectivity index (χ4v) is 2.86. The first-order chi connectivity index (χ1) is 8.93. The molecule has 0 spiro atoms. The van der Waals surface area contributed by atoms with Crippen molar-refractivity contribution in [3.05, 3.63) is 30.6 Å². The Bertz CT molecular complexity index is 497. The monoisotopic (exact) mass is 243 g/mol. The molecule has 0 bridgehead atoms. The van der Waals surface area contributed by atoms with E-state index >= 15 is 0 Å². The summed E-state index contributed by atoms with van der Waals surface area (Å²) in [6, 6.07) is 6.28. The van der Waals surface area contributed by atoms with Crippen LogP contribution in [0.1, 0.15) is 25.7 Å². The van der Waals surface area contributed by atoms with Crippen molar-refractivity contribution >= 4 is 11.0 Å². The summed E-state index contributed by atoms with van der Waals surface area (Å²) in [5.74, 6) is 0. The van der Waals surface area contributed by atoms with Crippen molar-refractivity contribution < 1.29 is 0 Å². The highest BCUT2D eigenvalue weighted by molar-refractivity contribution is 5.75. The number of fused-ring (bicyclic) bond motifs is 1. The summed E-state index contributed by atoms with van der Waals surface area (Å²) in [5, 5.41) is 0. The zero-order valence-corrected chi connectivity index (χ0v) is 10.9. The summed E-state index contributed by atoms with van der Waals surface area (Å²) in [7, 11) is 0. The van der Waals surface area contributed by atoms with Gasteiger partial charge in [0.1, 0.15) is 0 Å². The van der Waals surface area contributed by atoms with E-state index in [-0.39, 0.29) is 0 Å². The van der Waals surface area contributed by atoms with E-state index < -0.39 is 0 Å². The van der Waals surface area contributed by atoms with Gasteiger partial charge in [-0.25, -0.2) is 0 Å². The van der Waals surface area contributed by atoms with Gasteiger partial charge in [-0.15, -0.1) is 0 Å². The molecule has 2 aromatic rings. The Balaban J connectivity index is 1.56. The minimum absolute atomic E-state index is 1.10. The zero-order valence-electron chi connectivity index (χ0n) is 10.9. The molecule has 0 saturated carbocycles. The van der Waals surface area contributed by atoms with E-state index in [0.717, 1.165) is 12.1 Å². The summed E-state index contributed by atoms with van der Waals surface area (Å²) in [4.78, 5) is 6.97. The average Bonchev–Trinajstić information content (AvgIpc) is 2.84. The van der Waals surface area contributed by atoms with Gasteiger partial charge in [-0.1, -0.05) is 6.42 Å². The van der Waals surface area contributed by atoms with Gasteiger partial charge < -0.3 is 9.47 Å². The van der Waals surface area contributed by atoms with Gasteiger partial charge in [0.25, 0.3) is 0 Å². The van der Waals surface area contributed by atoms with Gasteiger partial charge in [0.2, 0.25) is 0 Å². The van der Waals surface area contributed by atoms with Crippen molar-refractivity contribution in [2.45, 2.75) is 32.2 Å². The largest absolute Gasteiger partial charge is 0.346 e. The summed E-state index contributed by atoms with van der Waals surface area (Å²) in [6.45, 7) is 4.94. The normalized spacial score (nSPS) is 17.3. The van der Waals surface area contributed by atoms with E-state index in [1.807, 2.05) is 12.3 Å². The van der Waals surface area contributed by atoms with Crippen molar-refractivity contribution in [1.82, 2.24) is 14.5 Å². The van der Waals surface area contributed by atoms with Crippen molar-refractivity contribution in [3.8, 4) is 0 Å². The van der Waals surface area contributed by atoms with Crippen LogP contribution in [0.2, 0.25) is 0 Å². The van der Waals surface area contributed by atoms with E-state index in [4.69, 9.17) is 0 Å². The van der Waals surface area contributed by atoms with Crippen LogP contribution >= 0.6 is 0 Å². The molecule has 0 atom stereocenters. The number of pyridine rings is 1. The van der Waals surface area contributed by atoms with Gasteiger partial charge in [0.05, 0.1) is 11.0 Å². The number of piperidine rings is 1. The molecule has 3 rings (SSSR count). The van der Waals surface area contributed by atoms with Gasteiger partial charge in [-0.2, -0.15) is 0 Å². The topological polar surface area (TPSA) is 21.1 Å². The standard InChI is InChI=1S/C15H21N3/c1-2-9-17(10-3-1)11-5-12-18-13-7-14-15(18)6-4-8-16-14/h4,6-8,13H,1-3,5,9-12H2. The molecule has 96 valence electrons. The molecular weight excluding hydrogens is 222 g/mol. The van der Waals surface area contributed by atoms with Crippen molar-refractivity contribution in [1.29, 1.82) is 0 Å². The summed E-state index contributed by atoms with van der Waals surface area (Å²) < 4.78 is 2.33. The van der Waals surface area contributed by atoms with Crippen LogP contribution in [0.4, 0.5) is 0 Å². The van der Waals surface area contributed by atoms with Gasteiger partial charge in [-0.3, -0.25) is 4.98 Å². The molecule has 2 aromatic heterocycles. The molecule has 0 aliphatic carbocycles. The highest BCUT2D eigenvalue weighted by Gasteiger charge is 2.09. The van der Waals surface area contributed by atoms with E-state index in [1.54, 1.807) is 0 Å². The van der Waals surface area contributed by atoms with Gasteiger partial charge in [-0.05, 0) is 57.1 Å². The molecule has 1 aliphatic heterocycles. The smallest absolute Gasteiger partial charge is 0.0880 e. The SMILES string of the molecule is c1cnc2ccn(CCCN3CCCCC3)c2c1. The number of rotatable bonds is 4. The Hall–Kier alpha value is -1.35. The predicted octanol–water partition coefficient (Wildman–Crippen LogP) is 2.91. The number of likely N-dealkylation sites (tertiary alicyclic amines) is 1. The van der Waals surface area contributed by atoms with E-state index in [9.17, 15) is 0 Å². The molecule has 3 heteroatoms. The average molecular weight is 243 g/mol. The lowest BCUT2D eigenvalue weighted by Gasteiger charge is -2.26. The third kappa shape index (κ3) is 2.56. The Morgan fingerprint density at radius 2 is 1.94 bits per heavy atom. The molecule has 1 saturated heterocycles. The van der Waals surface area contributed by atoms with Gasteiger partial charge >= 0.3 is 0 Å². The van der Waals surface area contributed by atoms with Gasteiger partial charge in [0, 0.05) is 18.9 Å². The third-order valence-corrected chi connectivity index (χ3v) is 3.86. The van der Waals surface area contributed by atoms with Crippen molar-refractivity contribution in [3.63, 3.8) is 0 Å². The zero-order chi connectivity index (χ0) is 12.2. The van der Waals surface area contributed by atoms with Crippen LogP contribution in [-0.4, -0.2) is 34.1 Å². The van der Waals surface area contributed by atoms with E-state index in [2.05, 4.69) is 32.8 Å². The third-order valence-electron chi connectivity index (χ3n) is 3.86. The van der Waals surface area contributed by atoms with Crippen LogP contribution in [0.3, 0.4) is 0 Å². The second kappa shape index (κ2) is 5.53. The lowest BCUT2D eigenvalue weighted by molar-refractivity contribution is 0.223. The predicted molar refractivity (Wildman–Crippen MR) is 74.6 cm³/mol. The first kappa shape index (κ1) is 11.7. The Morgan fingerprint density at radius 1 is 1.06 bits per heavy atom. The Morgan fingerprint density at radius 3 is 2.83 bits per heavy atom. The number of aromatic nitrogens is 2. The quantitative estimate of drug-likeness (QED) is 0.823. The molecule has 0 unspecified atom stereocenters. The fourth-order valence-electron chi connectivity index (χ4n) is 2.86. The molecule has 1 aliphatic rings. The summed E-state index contributed by atoms with van der Waals surface area (Å²) in [5.41, 5.74) is 2.37. The highest BCUT2D eigenvalue weighted by Crippen LogP contribution is 2.14. The van der Waals surface area contributed by atoms with E-state index in [1.165, 1.54) is 50.8 Å². The maximum atomic E-state index is 4.37. The van der Waals surface area contributed by atoms with Crippen LogP contribution in [-0.2, 0) is 6.54 Å². The lowest BCUT2D eigenvalue weighted by atomic mass is 10.1. The summed E-state index contributed by atoms with van der Waals surface area (Å²) >= 11 is 0. The van der Waals surface area contributed by atoms with Crippen LogP contribution < -0.4 is 0 Å². The molecule has 0 radical (unpaired) electrons. The maximum Gasteiger partial charge on any atom is 0.0880 e. The molecule has 18 heavy (non-hydrogen) atoms. The molecular formula is C15H21N3. The molecule has 3 heterocycles. The van der Waals surface area contributed by atoms with Crippen molar-refractivity contribution in [2.24, 2.45) is 0 Å². The number of aryl methyl sites for hydroxylation is 1. The highest BCUT2D eigenvalue weighted by atomic mass is 15.1. The van der Waals surface area contributed by atoms with Crippen molar-refractivity contribution in [2.75, 3.05) is 19.6 Å².